The number of halogens is 1. The van der Waals surface area contributed by atoms with Gasteiger partial charge in [-0.15, -0.1) is 11.8 Å². The maximum atomic E-state index is 12.8. The fourth-order valence-corrected chi connectivity index (χ4v) is 6.04. The molecule has 5 nitrogen and oxygen atoms in total. The van der Waals surface area contributed by atoms with Crippen LogP contribution in [0, 0.1) is 0 Å². The lowest BCUT2D eigenvalue weighted by Crippen LogP contribution is -2.29. The normalized spacial score (nSPS) is 14.3. The summed E-state index contributed by atoms with van der Waals surface area (Å²) in [4.78, 5) is 15.6. The van der Waals surface area contributed by atoms with Gasteiger partial charge in [-0.3, -0.25) is 4.79 Å². The highest BCUT2D eigenvalue weighted by Crippen LogP contribution is 2.26. The highest BCUT2D eigenvalue weighted by Gasteiger charge is 2.24. The fraction of sp³-hybridized carbons (Fsp3) is 0.381. The predicted octanol–water partition coefficient (Wildman–Crippen LogP) is 4.51. The van der Waals surface area contributed by atoms with Gasteiger partial charge in [0, 0.05) is 41.1 Å². The van der Waals surface area contributed by atoms with E-state index in [-0.39, 0.29) is 10.8 Å². The van der Waals surface area contributed by atoms with E-state index in [1.165, 1.54) is 17.8 Å². The smallest absolute Gasteiger partial charge is 0.255 e. The summed E-state index contributed by atoms with van der Waals surface area (Å²) in [7, 11) is -3.68. The number of thioether (sulfide) groups is 2. The number of rotatable bonds is 9. The van der Waals surface area contributed by atoms with Crippen LogP contribution in [-0.4, -0.2) is 50.9 Å². The zero-order valence-corrected chi connectivity index (χ0v) is 20.0. The van der Waals surface area contributed by atoms with Crippen LogP contribution in [0.25, 0.3) is 0 Å². The summed E-state index contributed by atoms with van der Waals surface area (Å²) in [5.74, 6) is 1.30. The predicted molar refractivity (Wildman–Crippen MR) is 126 cm³/mol. The van der Waals surface area contributed by atoms with Crippen LogP contribution in [0.2, 0.25) is 5.02 Å². The van der Waals surface area contributed by atoms with Gasteiger partial charge < -0.3 is 4.90 Å². The summed E-state index contributed by atoms with van der Waals surface area (Å²) < 4.78 is 28.1. The number of hydrogen-bond donors (Lipinski definition) is 1. The summed E-state index contributed by atoms with van der Waals surface area (Å²) in [5, 5.41) is 0.696. The Morgan fingerprint density at radius 2 is 1.93 bits per heavy atom. The van der Waals surface area contributed by atoms with Gasteiger partial charge in [0.1, 0.15) is 0 Å². The highest BCUT2D eigenvalue weighted by atomic mass is 35.5. The minimum atomic E-state index is -3.68. The average molecular weight is 485 g/mol. The van der Waals surface area contributed by atoms with Crippen molar-refractivity contribution in [1.82, 2.24) is 9.62 Å². The van der Waals surface area contributed by atoms with Crippen LogP contribution in [0.15, 0.2) is 52.3 Å². The van der Waals surface area contributed by atoms with Crippen molar-refractivity contribution in [3.63, 3.8) is 0 Å². The molecule has 0 bridgehead atoms. The van der Waals surface area contributed by atoms with E-state index in [9.17, 15) is 13.2 Å². The van der Waals surface area contributed by atoms with Gasteiger partial charge in [0.15, 0.2) is 0 Å². The molecule has 1 saturated heterocycles. The number of sulfonamides is 1. The molecular weight excluding hydrogens is 460 g/mol. The van der Waals surface area contributed by atoms with Crippen LogP contribution in [-0.2, 0) is 15.8 Å². The molecule has 30 heavy (non-hydrogen) atoms. The molecule has 0 saturated carbocycles. The van der Waals surface area contributed by atoms with E-state index in [0.29, 0.717) is 22.9 Å². The number of carbonyl (C=O) groups excluding carboxylic acids is 1. The maximum Gasteiger partial charge on any atom is 0.255 e. The van der Waals surface area contributed by atoms with E-state index in [2.05, 4.69) is 4.72 Å². The van der Waals surface area contributed by atoms with Crippen LogP contribution in [0.4, 0.5) is 0 Å². The van der Waals surface area contributed by atoms with Crippen LogP contribution < -0.4 is 4.72 Å². The van der Waals surface area contributed by atoms with Crippen molar-refractivity contribution in [1.29, 1.82) is 0 Å². The first kappa shape index (κ1) is 23.5. The molecular formula is C21H25ClN2O3S3. The van der Waals surface area contributed by atoms with Crippen molar-refractivity contribution in [2.45, 2.75) is 28.4 Å². The van der Waals surface area contributed by atoms with Gasteiger partial charge in [-0.05, 0) is 55.0 Å². The van der Waals surface area contributed by atoms with E-state index in [1.807, 2.05) is 30.5 Å². The molecule has 9 heteroatoms. The Hall–Kier alpha value is -1.19. The third-order valence-corrected chi connectivity index (χ3v) is 8.32. The average Bonchev–Trinajstić information content (AvgIpc) is 3.27. The van der Waals surface area contributed by atoms with Crippen molar-refractivity contribution in [2.75, 3.05) is 31.6 Å². The minimum Gasteiger partial charge on any atom is -0.339 e. The second-order valence-corrected chi connectivity index (χ2v) is 11.1. The number of nitrogens with zero attached hydrogens (tertiary/aromatic N) is 1. The lowest BCUT2D eigenvalue weighted by atomic mass is 10.2. The molecule has 1 amide bonds. The molecule has 0 aromatic heterocycles. The zero-order chi connectivity index (χ0) is 21.6. The van der Waals surface area contributed by atoms with Gasteiger partial charge in [0.2, 0.25) is 10.0 Å². The molecule has 1 aliphatic rings. The number of benzene rings is 2. The van der Waals surface area contributed by atoms with E-state index in [4.69, 9.17) is 11.6 Å². The molecule has 1 fully saturated rings. The molecule has 2 aromatic carbocycles. The number of amides is 1. The number of nitrogens with one attached hydrogen (secondary N) is 1. The van der Waals surface area contributed by atoms with Gasteiger partial charge in [-0.25, -0.2) is 13.1 Å². The molecule has 0 unspecified atom stereocenters. The van der Waals surface area contributed by atoms with E-state index < -0.39 is 10.0 Å². The SMILES string of the molecule is CSc1ccc(S(=O)(=O)NCCSCc2cccc(Cl)c2)cc1C(=O)N1CCCC1. The van der Waals surface area contributed by atoms with Crippen molar-refractivity contribution < 1.29 is 13.2 Å². The Labute approximate surface area is 192 Å². The topological polar surface area (TPSA) is 66.5 Å². The molecule has 162 valence electrons. The first-order valence-electron chi connectivity index (χ1n) is 9.70. The Morgan fingerprint density at radius 1 is 1.17 bits per heavy atom. The largest absolute Gasteiger partial charge is 0.339 e. The van der Waals surface area contributed by atoms with Crippen molar-refractivity contribution >= 4 is 51.1 Å². The molecule has 0 radical (unpaired) electrons. The number of carbonyl (C=O) groups is 1. The van der Waals surface area contributed by atoms with Crippen LogP contribution in [0.5, 0.6) is 0 Å². The summed E-state index contributed by atoms with van der Waals surface area (Å²) in [6.45, 7) is 1.77. The Morgan fingerprint density at radius 3 is 2.63 bits per heavy atom. The number of hydrogen-bond acceptors (Lipinski definition) is 5. The van der Waals surface area contributed by atoms with Gasteiger partial charge in [0.05, 0.1) is 10.5 Å². The van der Waals surface area contributed by atoms with Crippen molar-refractivity contribution in [3.05, 3.63) is 58.6 Å². The molecule has 2 aromatic rings. The third-order valence-electron chi connectivity index (χ3n) is 4.80. The van der Waals surface area contributed by atoms with Crippen LogP contribution >= 0.6 is 35.1 Å². The van der Waals surface area contributed by atoms with E-state index in [0.717, 1.165) is 42.1 Å². The summed E-state index contributed by atoms with van der Waals surface area (Å²) >= 11 is 9.06. The zero-order valence-electron chi connectivity index (χ0n) is 16.8. The monoisotopic (exact) mass is 484 g/mol. The quantitative estimate of drug-likeness (QED) is 0.419. The molecule has 0 spiro atoms. The second kappa shape index (κ2) is 10.9. The van der Waals surface area contributed by atoms with Gasteiger partial charge in [0.25, 0.3) is 5.91 Å². The van der Waals surface area contributed by atoms with Crippen LogP contribution in [0.3, 0.4) is 0 Å². The standard InChI is InChI=1S/C21H25ClN2O3S3/c1-28-20-8-7-18(14-19(20)21(25)24-10-2-3-11-24)30(26,27)23-9-12-29-15-16-5-4-6-17(22)13-16/h4-8,13-14,23H,2-3,9-12,15H2,1H3. The van der Waals surface area contributed by atoms with Crippen molar-refractivity contribution in [2.24, 2.45) is 0 Å². The minimum absolute atomic E-state index is 0.0917. The highest BCUT2D eigenvalue weighted by molar-refractivity contribution is 7.98. The molecule has 1 aliphatic heterocycles. The third kappa shape index (κ3) is 6.17. The molecule has 1 N–H and O–H groups in total. The first-order valence-corrected chi connectivity index (χ1v) is 13.9. The summed E-state index contributed by atoms with van der Waals surface area (Å²) in [5.41, 5.74) is 1.57. The fourth-order valence-electron chi connectivity index (χ4n) is 3.26. The summed E-state index contributed by atoms with van der Waals surface area (Å²) in [6.07, 6.45) is 3.87. The Kier molecular flexibility index (Phi) is 8.53. The number of likely N-dealkylation sites (tertiary alicyclic amines) is 1. The molecule has 0 atom stereocenters. The Bertz CT molecular complexity index is 993. The Balaban J connectivity index is 1.60. The lowest BCUT2D eigenvalue weighted by Gasteiger charge is -2.18. The molecule has 3 rings (SSSR count). The summed E-state index contributed by atoms with van der Waals surface area (Å²) in [6, 6.07) is 12.4. The van der Waals surface area contributed by atoms with Gasteiger partial charge in [-0.1, -0.05) is 23.7 Å². The maximum absolute atomic E-state index is 12.8. The molecule has 1 heterocycles. The van der Waals surface area contributed by atoms with Gasteiger partial charge >= 0.3 is 0 Å². The first-order chi connectivity index (χ1) is 14.4. The van der Waals surface area contributed by atoms with E-state index in [1.54, 1.807) is 28.8 Å². The lowest BCUT2D eigenvalue weighted by molar-refractivity contribution is 0.0789. The second-order valence-electron chi connectivity index (χ2n) is 6.94. The van der Waals surface area contributed by atoms with Crippen molar-refractivity contribution in [3.8, 4) is 0 Å². The van der Waals surface area contributed by atoms with E-state index >= 15 is 0 Å². The van der Waals surface area contributed by atoms with Gasteiger partial charge in [-0.2, -0.15) is 11.8 Å². The van der Waals surface area contributed by atoms with Crippen LogP contribution in [0.1, 0.15) is 28.8 Å². The molecule has 0 aliphatic carbocycles.